The second-order valence-corrected chi connectivity index (χ2v) is 8.43. The summed E-state index contributed by atoms with van der Waals surface area (Å²) in [6.07, 6.45) is 0.360. The maximum atomic E-state index is 14.3. The van der Waals surface area contributed by atoms with Gasteiger partial charge in [0.25, 0.3) is 0 Å². The molecule has 9 heteroatoms. The monoisotopic (exact) mass is 519 g/mol. The number of amides is 1. The molecular formula is C29H26FNO7. The molecule has 0 unspecified atom stereocenters. The van der Waals surface area contributed by atoms with Crippen molar-refractivity contribution in [2.75, 3.05) is 26.6 Å². The predicted octanol–water partition coefficient (Wildman–Crippen LogP) is 6.26. The smallest absolute Gasteiger partial charge is 0.497 e. The average molecular weight is 520 g/mol. The molecular weight excluding hydrogens is 493 g/mol. The summed E-state index contributed by atoms with van der Waals surface area (Å²) in [6.45, 7) is 1.87. The van der Waals surface area contributed by atoms with Gasteiger partial charge in [-0.3, -0.25) is 4.79 Å². The number of anilines is 1. The van der Waals surface area contributed by atoms with Gasteiger partial charge >= 0.3 is 6.16 Å². The van der Waals surface area contributed by atoms with Crippen LogP contribution in [-0.4, -0.2) is 38.5 Å². The maximum absolute atomic E-state index is 14.3. The van der Waals surface area contributed by atoms with Crippen molar-refractivity contribution in [1.29, 1.82) is 0 Å². The average Bonchev–Trinajstić information content (AvgIpc) is 3.14. The zero-order valence-electron chi connectivity index (χ0n) is 21.3. The van der Waals surface area contributed by atoms with E-state index in [-0.39, 0.29) is 29.6 Å². The van der Waals surface area contributed by atoms with Gasteiger partial charge in [-0.25, -0.2) is 9.18 Å². The van der Waals surface area contributed by atoms with Crippen LogP contribution in [0.5, 0.6) is 23.0 Å². The van der Waals surface area contributed by atoms with Crippen molar-refractivity contribution >= 4 is 35.0 Å². The highest BCUT2D eigenvalue weighted by Gasteiger charge is 2.26. The number of benzene rings is 3. The number of ether oxygens (including phenoxy) is 4. The minimum atomic E-state index is -1.50. The Morgan fingerprint density at radius 1 is 0.947 bits per heavy atom. The van der Waals surface area contributed by atoms with Crippen molar-refractivity contribution in [3.8, 4) is 23.0 Å². The van der Waals surface area contributed by atoms with Crippen LogP contribution in [0.25, 0.3) is 17.2 Å². The molecule has 3 aromatic carbocycles. The van der Waals surface area contributed by atoms with E-state index in [1.165, 1.54) is 26.4 Å². The zero-order chi connectivity index (χ0) is 27.4. The fourth-order valence-electron chi connectivity index (χ4n) is 4.39. The number of methoxy groups -OCH3 is 3. The van der Waals surface area contributed by atoms with Gasteiger partial charge in [-0.05, 0) is 82.8 Å². The van der Waals surface area contributed by atoms with Crippen LogP contribution in [0.15, 0.2) is 60.2 Å². The van der Waals surface area contributed by atoms with Gasteiger partial charge in [0.05, 0.1) is 27.8 Å². The number of carboxylic acid groups (broad SMARTS) is 1. The lowest BCUT2D eigenvalue weighted by molar-refractivity contribution is -0.115. The van der Waals surface area contributed by atoms with Gasteiger partial charge in [-0.2, -0.15) is 0 Å². The second kappa shape index (κ2) is 11.1. The maximum Gasteiger partial charge on any atom is 0.511 e. The molecule has 196 valence electrons. The van der Waals surface area contributed by atoms with Crippen molar-refractivity contribution in [3.05, 3.63) is 82.7 Å². The molecule has 0 radical (unpaired) electrons. The minimum Gasteiger partial charge on any atom is -0.497 e. The summed E-state index contributed by atoms with van der Waals surface area (Å²) in [5, 5.41) is 11.9. The molecule has 0 heterocycles. The van der Waals surface area contributed by atoms with E-state index in [0.717, 1.165) is 16.7 Å². The second-order valence-electron chi connectivity index (χ2n) is 8.43. The Morgan fingerprint density at radius 3 is 2.29 bits per heavy atom. The van der Waals surface area contributed by atoms with E-state index in [9.17, 15) is 14.0 Å². The van der Waals surface area contributed by atoms with Crippen molar-refractivity contribution in [2.45, 2.75) is 13.3 Å². The largest absolute Gasteiger partial charge is 0.511 e. The van der Waals surface area contributed by atoms with Crippen LogP contribution in [0, 0.1) is 5.82 Å². The van der Waals surface area contributed by atoms with Crippen LogP contribution in [0.3, 0.4) is 0 Å². The first kappa shape index (κ1) is 26.3. The van der Waals surface area contributed by atoms with E-state index in [1.54, 1.807) is 49.6 Å². The molecule has 1 aliphatic rings. The van der Waals surface area contributed by atoms with E-state index < -0.39 is 12.0 Å². The molecule has 38 heavy (non-hydrogen) atoms. The van der Waals surface area contributed by atoms with Gasteiger partial charge in [0.1, 0.15) is 11.6 Å². The summed E-state index contributed by atoms with van der Waals surface area (Å²) >= 11 is 0. The number of hydrogen-bond acceptors (Lipinski definition) is 6. The summed E-state index contributed by atoms with van der Waals surface area (Å²) < 4.78 is 35.0. The van der Waals surface area contributed by atoms with E-state index in [2.05, 4.69) is 5.32 Å². The molecule has 4 rings (SSSR count). The number of hydrogen-bond donors (Lipinski definition) is 2. The number of allylic oxidation sites excluding steroid dienone is 2. The molecule has 0 saturated carbocycles. The summed E-state index contributed by atoms with van der Waals surface area (Å²) in [5.74, 6) is 0.193. The Kier molecular flexibility index (Phi) is 7.66. The van der Waals surface area contributed by atoms with Gasteiger partial charge in [0.2, 0.25) is 11.7 Å². The number of carbonyl (C=O) groups excluding carboxylic acids is 1. The highest BCUT2D eigenvalue weighted by molar-refractivity contribution is 6.10. The molecule has 3 aromatic rings. The van der Waals surface area contributed by atoms with Crippen molar-refractivity contribution < 1.29 is 38.0 Å². The molecule has 0 bridgehead atoms. The Hall–Kier alpha value is -4.79. The molecule has 2 N–H and O–H groups in total. The first-order valence-corrected chi connectivity index (χ1v) is 11.6. The number of fused-ring (bicyclic) bond motifs is 1. The standard InChI is InChI=1S/C29H26FNO7/c1-16-22(10-17-11-25(36-3)28(38-29(33)34)26(12-17)37-4)21-9-8-18(30)13-24(21)23(16)15-27(32)31-19-6-5-7-20(14-19)35-2/h5-14H,15H2,1-4H3,(H,31,32)(H,33,34)/b22-10-. The van der Waals surface area contributed by atoms with Crippen LogP contribution in [0.1, 0.15) is 30.0 Å². The lowest BCUT2D eigenvalue weighted by atomic mass is 10.00. The Labute approximate surface area is 218 Å². The van der Waals surface area contributed by atoms with Crippen molar-refractivity contribution in [2.24, 2.45) is 0 Å². The Morgan fingerprint density at radius 2 is 1.66 bits per heavy atom. The summed E-state index contributed by atoms with van der Waals surface area (Å²) in [5.41, 5.74) is 4.87. The number of rotatable bonds is 8. The van der Waals surface area contributed by atoms with Crippen molar-refractivity contribution in [1.82, 2.24) is 0 Å². The lowest BCUT2D eigenvalue weighted by Crippen LogP contribution is -2.12. The quantitative estimate of drug-likeness (QED) is 0.267. The third-order valence-electron chi connectivity index (χ3n) is 6.13. The first-order chi connectivity index (χ1) is 18.2. The Bertz CT molecular complexity index is 1450. The molecule has 8 nitrogen and oxygen atoms in total. The summed E-state index contributed by atoms with van der Waals surface area (Å²) in [4.78, 5) is 24.1. The van der Waals surface area contributed by atoms with E-state index in [1.807, 2.05) is 13.0 Å². The highest BCUT2D eigenvalue weighted by Crippen LogP contribution is 2.45. The van der Waals surface area contributed by atoms with E-state index in [0.29, 0.717) is 28.1 Å². The van der Waals surface area contributed by atoms with Gasteiger partial charge in [0.15, 0.2) is 11.5 Å². The van der Waals surface area contributed by atoms with Crippen LogP contribution in [0.4, 0.5) is 14.9 Å². The van der Waals surface area contributed by atoms with Gasteiger partial charge < -0.3 is 29.4 Å². The van der Waals surface area contributed by atoms with Gasteiger partial charge in [0, 0.05) is 11.8 Å². The third kappa shape index (κ3) is 5.46. The van der Waals surface area contributed by atoms with Crippen LogP contribution >= 0.6 is 0 Å². The van der Waals surface area contributed by atoms with Crippen molar-refractivity contribution in [3.63, 3.8) is 0 Å². The van der Waals surface area contributed by atoms with E-state index >= 15 is 0 Å². The van der Waals surface area contributed by atoms with E-state index in [4.69, 9.17) is 24.1 Å². The summed E-state index contributed by atoms with van der Waals surface area (Å²) in [6, 6.07) is 14.7. The van der Waals surface area contributed by atoms with Gasteiger partial charge in [-0.15, -0.1) is 0 Å². The molecule has 0 atom stereocenters. The normalized spacial score (nSPS) is 13.2. The van der Waals surface area contributed by atoms with Gasteiger partial charge in [-0.1, -0.05) is 12.1 Å². The summed E-state index contributed by atoms with van der Waals surface area (Å²) in [7, 11) is 4.32. The number of halogens is 1. The predicted molar refractivity (Wildman–Crippen MR) is 141 cm³/mol. The molecule has 0 fully saturated rings. The zero-order valence-corrected chi connectivity index (χ0v) is 21.3. The molecule has 0 aromatic heterocycles. The SMILES string of the molecule is COc1cccc(NC(=O)CC2=C(C)/C(=C/c3cc(OC)c(OC(=O)O)c(OC)c3)c3ccc(F)cc32)c1. The highest BCUT2D eigenvalue weighted by atomic mass is 19.1. The fraction of sp³-hybridized carbons (Fsp3) is 0.172. The Balaban J connectivity index is 1.73. The number of nitrogens with one attached hydrogen (secondary N) is 1. The number of carbonyl (C=O) groups is 2. The minimum absolute atomic E-state index is 0.0227. The molecule has 0 spiro atoms. The van der Waals surface area contributed by atoms with Crippen LogP contribution in [0.2, 0.25) is 0 Å². The topological polar surface area (TPSA) is 103 Å². The molecule has 0 saturated heterocycles. The molecule has 1 aliphatic carbocycles. The first-order valence-electron chi connectivity index (χ1n) is 11.6. The van der Waals surface area contributed by atoms with Crippen LogP contribution < -0.4 is 24.3 Å². The lowest BCUT2D eigenvalue weighted by Gasteiger charge is -2.13. The molecule has 0 aliphatic heterocycles. The molecule has 1 amide bonds. The third-order valence-corrected chi connectivity index (χ3v) is 6.13. The van der Waals surface area contributed by atoms with Crippen LogP contribution in [-0.2, 0) is 4.79 Å². The fourth-order valence-corrected chi connectivity index (χ4v) is 4.39.